The quantitative estimate of drug-likeness (QED) is 0.595. The highest BCUT2D eigenvalue weighted by Gasteiger charge is 1.93. The van der Waals surface area contributed by atoms with E-state index in [1.54, 1.807) is 0 Å². The maximum atomic E-state index is 3.89. The minimum atomic E-state index is 0.834. The fourth-order valence-corrected chi connectivity index (χ4v) is 0.982. The molecule has 68 valence electrons. The molecular weight excluding hydrogens is 146 g/mol. The van der Waals surface area contributed by atoms with Crippen LogP contribution in [0.25, 0.3) is 0 Å². The lowest BCUT2D eigenvalue weighted by Gasteiger charge is -2.09. The van der Waals surface area contributed by atoms with Gasteiger partial charge in [-0.2, -0.15) is 0 Å². The van der Waals surface area contributed by atoms with Gasteiger partial charge in [0.2, 0.25) is 0 Å². The molecule has 0 radical (unpaired) electrons. The lowest BCUT2D eigenvalue weighted by Crippen LogP contribution is -2.10. The van der Waals surface area contributed by atoms with Gasteiger partial charge in [0, 0.05) is 17.8 Å². The van der Waals surface area contributed by atoms with Gasteiger partial charge in [-0.05, 0) is 12.8 Å². The topological polar surface area (TPSA) is 12.0 Å². The van der Waals surface area contributed by atoms with Crippen molar-refractivity contribution in [1.29, 1.82) is 0 Å². The molecule has 0 atom stereocenters. The third-order valence-electron chi connectivity index (χ3n) is 1.56. The summed E-state index contributed by atoms with van der Waals surface area (Å²) in [5, 5.41) is 3.26. The molecule has 0 saturated carbocycles. The van der Waals surface area contributed by atoms with Crippen LogP contribution in [0.2, 0.25) is 0 Å². The second-order valence-electron chi connectivity index (χ2n) is 2.71. The predicted molar refractivity (Wildman–Crippen MR) is 55.8 cm³/mol. The van der Waals surface area contributed by atoms with Crippen molar-refractivity contribution in [2.24, 2.45) is 0 Å². The smallest absolute Gasteiger partial charge is 0.0113 e. The number of hydrogen-bond acceptors (Lipinski definition) is 1. The SMILES string of the molecule is C=CCC(=C)N/C(=C/CC)CC. The Kier molecular flexibility index (Phi) is 6.16. The third kappa shape index (κ3) is 4.78. The first-order chi connectivity index (χ1) is 5.74. The zero-order valence-corrected chi connectivity index (χ0v) is 8.19. The van der Waals surface area contributed by atoms with Crippen LogP contribution in [-0.4, -0.2) is 0 Å². The highest BCUT2D eigenvalue weighted by molar-refractivity contribution is 5.09. The van der Waals surface area contributed by atoms with Gasteiger partial charge in [-0.1, -0.05) is 32.6 Å². The summed E-state index contributed by atoms with van der Waals surface area (Å²) < 4.78 is 0. The van der Waals surface area contributed by atoms with Crippen LogP contribution in [-0.2, 0) is 0 Å². The first-order valence-corrected chi connectivity index (χ1v) is 4.49. The second kappa shape index (κ2) is 6.71. The Morgan fingerprint density at radius 1 is 1.42 bits per heavy atom. The molecule has 0 aromatic rings. The van der Waals surface area contributed by atoms with E-state index in [9.17, 15) is 0 Å². The Morgan fingerprint density at radius 3 is 2.50 bits per heavy atom. The molecule has 0 unspecified atom stereocenters. The average Bonchev–Trinajstić information content (AvgIpc) is 2.04. The molecule has 0 amide bonds. The normalized spacial score (nSPS) is 11.0. The fraction of sp³-hybridized carbons (Fsp3) is 0.455. The first-order valence-electron chi connectivity index (χ1n) is 4.49. The van der Waals surface area contributed by atoms with E-state index in [4.69, 9.17) is 0 Å². The van der Waals surface area contributed by atoms with Crippen LogP contribution in [0.4, 0.5) is 0 Å². The van der Waals surface area contributed by atoms with Crippen molar-refractivity contribution in [1.82, 2.24) is 5.32 Å². The van der Waals surface area contributed by atoms with Crippen LogP contribution in [0.5, 0.6) is 0 Å². The molecular formula is C11H19N. The minimum absolute atomic E-state index is 0.834. The zero-order chi connectivity index (χ0) is 9.40. The molecule has 1 N–H and O–H groups in total. The molecule has 0 spiro atoms. The molecule has 0 rings (SSSR count). The van der Waals surface area contributed by atoms with Crippen LogP contribution in [0, 0.1) is 0 Å². The summed E-state index contributed by atoms with van der Waals surface area (Å²) >= 11 is 0. The summed E-state index contributed by atoms with van der Waals surface area (Å²) in [6.45, 7) is 11.8. The molecule has 0 aromatic carbocycles. The van der Waals surface area contributed by atoms with E-state index >= 15 is 0 Å². The maximum absolute atomic E-state index is 3.89. The summed E-state index contributed by atoms with van der Waals surface area (Å²) in [5.41, 5.74) is 2.27. The largest absolute Gasteiger partial charge is 0.363 e. The van der Waals surface area contributed by atoms with Crippen molar-refractivity contribution in [2.75, 3.05) is 0 Å². The highest BCUT2D eigenvalue weighted by atomic mass is 14.9. The van der Waals surface area contributed by atoms with Gasteiger partial charge >= 0.3 is 0 Å². The van der Waals surface area contributed by atoms with E-state index in [2.05, 4.69) is 38.4 Å². The Morgan fingerprint density at radius 2 is 2.08 bits per heavy atom. The highest BCUT2D eigenvalue weighted by Crippen LogP contribution is 2.03. The van der Waals surface area contributed by atoms with Gasteiger partial charge < -0.3 is 5.32 Å². The van der Waals surface area contributed by atoms with E-state index in [1.165, 1.54) is 5.70 Å². The standard InChI is InChI=1S/C11H19N/c1-5-8-10(4)12-11(7-3)9-6-2/h5,9,12H,1,4,6-8H2,2-3H3/b11-9+. The van der Waals surface area contributed by atoms with E-state index in [1.807, 2.05) is 6.08 Å². The predicted octanol–water partition coefficient (Wildman–Crippen LogP) is 3.37. The Bertz CT molecular complexity index is 177. The van der Waals surface area contributed by atoms with Gasteiger partial charge in [0.15, 0.2) is 0 Å². The molecule has 0 aliphatic rings. The van der Waals surface area contributed by atoms with Crippen LogP contribution >= 0.6 is 0 Å². The minimum Gasteiger partial charge on any atom is -0.363 e. The summed E-state index contributed by atoms with van der Waals surface area (Å²) in [6, 6.07) is 0. The van der Waals surface area contributed by atoms with E-state index < -0.39 is 0 Å². The number of hydrogen-bond donors (Lipinski definition) is 1. The number of nitrogens with one attached hydrogen (secondary N) is 1. The van der Waals surface area contributed by atoms with Gasteiger partial charge in [-0.15, -0.1) is 6.58 Å². The van der Waals surface area contributed by atoms with Crippen molar-refractivity contribution in [3.05, 3.63) is 36.7 Å². The van der Waals surface area contributed by atoms with Crippen LogP contribution in [0.3, 0.4) is 0 Å². The summed E-state index contributed by atoms with van der Waals surface area (Å²) in [4.78, 5) is 0. The Balaban J connectivity index is 3.93. The number of allylic oxidation sites excluding steroid dienone is 3. The van der Waals surface area contributed by atoms with Crippen LogP contribution in [0.1, 0.15) is 33.1 Å². The van der Waals surface area contributed by atoms with Crippen LogP contribution < -0.4 is 5.32 Å². The lowest BCUT2D eigenvalue weighted by atomic mass is 10.2. The molecule has 0 fully saturated rings. The fourth-order valence-electron chi connectivity index (χ4n) is 0.982. The monoisotopic (exact) mass is 165 g/mol. The molecule has 1 heteroatoms. The summed E-state index contributed by atoms with van der Waals surface area (Å²) in [5.74, 6) is 0. The van der Waals surface area contributed by atoms with Gasteiger partial charge in [0.25, 0.3) is 0 Å². The molecule has 0 saturated heterocycles. The molecule has 0 bridgehead atoms. The Labute approximate surface area is 75.9 Å². The molecule has 0 aliphatic carbocycles. The van der Waals surface area contributed by atoms with E-state index in [0.29, 0.717) is 0 Å². The zero-order valence-electron chi connectivity index (χ0n) is 8.19. The van der Waals surface area contributed by atoms with Crippen molar-refractivity contribution in [3.8, 4) is 0 Å². The first kappa shape index (κ1) is 11.0. The van der Waals surface area contributed by atoms with Crippen molar-refractivity contribution in [2.45, 2.75) is 33.1 Å². The number of rotatable bonds is 6. The van der Waals surface area contributed by atoms with Gasteiger partial charge in [0.05, 0.1) is 0 Å². The van der Waals surface area contributed by atoms with Gasteiger partial charge in [-0.3, -0.25) is 0 Å². The van der Waals surface area contributed by atoms with Crippen molar-refractivity contribution >= 4 is 0 Å². The van der Waals surface area contributed by atoms with Gasteiger partial charge in [-0.25, -0.2) is 0 Å². The summed E-state index contributed by atoms with van der Waals surface area (Å²) in [6.07, 6.45) is 6.98. The maximum Gasteiger partial charge on any atom is 0.0113 e. The molecule has 1 nitrogen and oxygen atoms in total. The van der Waals surface area contributed by atoms with Crippen molar-refractivity contribution < 1.29 is 0 Å². The lowest BCUT2D eigenvalue weighted by molar-refractivity contribution is 0.858. The van der Waals surface area contributed by atoms with Gasteiger partial charge in [0.1, 0.15) is 0 Å². The summed E-state index contributed by atoms with van der Waals surface area (Å²) in [7, 11) is 0. The molecule has 0 aliphatic heterocycles. The second-order valence-corrected chi connectivity index (χ2v) is 2.71. The van der Waals surface area contributed by atoms with E-state index in [-0.39, 0.29) is 0 Å². The van der Waals surface area contributed by atoms with E-state index in [0.717, 1.165) is 25.0 Å². The molecule has 0 aromatic heterocycles. The molecule has 12 heavy (non-hydrogen) atoms. The van der Waals surface area contributed by atoms with Crippen LogP contribution in [0.15, 0.2) is 36.7 Å². The average molecular weight is 165 g/mol. The van der Waals surface area contributed by atoms with Crippen molar-refractivity contribution in [3.63, 3.8) is 0 Å². The third-order valence-corrected chi connectivity index (χ3v) is 1.56. The Hall–Kier alpha value is -0.980. The molecule has 0 heterocycles.